The van der Waals surface area contributed by atoms with Crippen molar-refractivity contribution in [2.75, 3.05) is 5.73 Å². The first-order chi connectivity index (χ1) is 8.72. The molecule has 0 saturated heterocycles. The number of rotatable bonds is 0. The van der Waals surface area contributed by atoms with Gasteiger partial charge in [-0.2, -0.15) is 0 Å². The maximum Gasteiger partial charge on any atom is 0.180 e. The fourth-order valence-corrected chi connectivity index (χ4v) is 3.89. The van der Waals surface area contributed by atoms with E-state index < -0.39 is 0 Å². The average molecular weight is 258 g/mol. The molecule has 4 rings (SSSR count). The minimum Gasteiger partial charge on any atom is -0.490 e. The smallest absolute Gasteiger partial charge is 0.180 e. The minimum atomic E-state index is 0.299. The lowest BCUT2D eigenvalue weighted by molar-refractivity contribution is 0.254. The lowest BCUT2D eigenvalue weighted by Crippen LogP contribution is -2.07. The second-order valence-corrected chi connectivity index (χ2v) is 6.14. The Morgan fingerprint density at radius 3 is 3.11 bits per heavy atom. The van der Waals surface area contributed by atoms with E-state index in [1.165, 1.54) is 21.6 Å². The number of nitrogens with two attached hydrogens (primary N) is 1. The summed E-state index contributed by atoms with van der Waals surface area (Å²) in [6.45, 7) is 2.13. The maximum atomic E-state index is 5.83. The van der Waals surface area contributed by atoms with E-state index in [0.717, 1.165) is 30.7 Å². The summed E-state index contributed by atoms with van der Waals surface area (Å²) in [5.41, 5.74) is 11.0. The van der Waals surface area contributed by atoms with Gasteiger partial charge < -0.3 is 10.5 Å². The summed E-state index contributed by atoms with van der Waals surface area (Å²) in [6, 6.07) is 4.23. The van der Waals surface area contributed by atoms with Gasteiger partial charge in [0, 0.05) is 22.4 Å². The fourth-order valence-electron chi connectivity index (χ4n) is 3.05. The molecule has 4 heteroatoms. The van der Waals surface area contributed by atoms with E-state index in [4.69, 9.17) is 10.5 Å². The van der Waals surface area contributed by atoms with Gasteiger partial charge in [0.15, 0.2) is 5.13 Å². The molecule has 1 aromatic carbocycles. The van der Waals surface area contributed by atoms with Gasteiger partial charge in [0.05, 0.1) is 5.69 Å². The Bertz CT molecular complexity index is 647. The molecule has 0 fully saturated rings. The zero-order valence-electron chi connectivity index (χ0n) is 10.2. The van der Waals surface area contributed by atoms with Crippen LogP contribution in [0.2, 0.25) is 0 Å². The van der Waals surface area contributed by atoms with Gasteiger partial charge in [0.1, 0.15) is 11.9 Å². The molecule has 0 radical (unpaired) electrons. The number of nitrogens with zero attached hydrogens (tertiary/aromatic N) is 1. The molecule has 0 saturated carbocycles. The van der Waals surface area contributed by atoms with Gasteiger partial charge in [-0.25, -0.2) is 4.98 Å². The Labute approximate surface area is 110 Å². The molecule has 1 unspecified atom stereocenters. The molecular weight excluding hydrogens is 244 g/mol. The highest BCUT2D eigenvalue weighted by atomic mass is 32.1. The second-order valence-electron chi connectivity index (χ2n) is 5.02. The standard InChI is InChI=1S/C14H14N2OS/c1-7-6-10-8-3-5-12-13(16-14(15)18-12)9(8)2-4-11(10)17-7/h2,4,7H,3,5-6H2,1H3,(H2,15,16). The van der Waals surface area contributed by atoms with Crippen LogP contribution in [0, 0.1) is 0 Å². The summed E-state index contributed by atoms with van der Waals surface area (Å²) in [6.07, 6.45) is 3.46. The van der Waals surface area contributed by atoms with Gasteiger partial charge in [-0.1, -0.05) is 0 Å². The van der Waals surface area contributed by atoms with Crippen molar-refractivity contribution in [3.8, 4) is 17.0 Å². The molecule has 1 aliphatic heterocycles. The van der Waals surface area contributed by atoms with Gasteiger partial charge in [-0.15, -0.1) is 11.3 Å². The molecular formula is C14H14N2OS. The first kappa shape index (κ1) is 10.4. The van der Waals surface area contributed by atoms with Gasteiger partial charge >= 0.3 is 0 Å². The van der Waals surface area contributed by atoms with E-state index in [9.17, 15) is 0 Å². The van der Waals surface area contributed by atoms with E-state index in [-0.39, 0.29) is 0 Å². The predicted octanol–water partition coefficient (Wildman–Crippen LogP) is 2.81. The van der Waals surface area contributed by atoms with Crippen LogP contribution in [0.1, 0.15) is 22.9 Å². The van der Waals surface area contributed by atoms with Crippen molar-refractivity contribution in [3.63, 3.8) is 0 Å². The van der Waals surface area contributed by atoms with Crippen molar-refractivity contribution < 1.29 is 4.74 Å². The van der Waals surface area contributed by atoms with E-state index in [0.29, 0.717) is 11.2 Å². The Hall–Kier alpha value is -1.55. The zero-order chi connectivity index (χ0) is 12.3. The summed E-state index contributed by atoms with van der Waals surface area (Å²) in [7, 11) is 0. The highest BCUT2D eigenvalue weighted by molar-refractivity contribution is 7.15. The molecule has 1 aliphatic carbocycles. The highest BCUT2D eigenvalue weighted by Gasteiger charge is 2.28. The van der Waals surface area contributed by atoms with Gasteiger partial charge in [0.2, 0.25) is 0 Å². The number of nitrogen functional groups attached to an aromatic ring is 1. The summed E-state index contributed by atoms with van der Waals surface area (Å²) in [5.74, 6) is 1.06. The molecule has 2 N–H and O–H groups in total. The molecule has 0 amide bonds. The van der Waals surface area contributed by atoms with Crippen molar-refractivity contribution in [2.24, 2.45) is 0 Å². The SMILES string of the molecule is CC1Cc2c(ccc3c2CCc2sc(N)nc2-3)O1. The van der Waals surface area contributed by atoms with Crippen LogP contribution < -0.4 is 10.5 Å². The van der Waals surface area contributed by atoms with Crippen LogP contribution >= 0.6 is 11.3 Å². The lowest BCUT2D eigenvalue weighted by atomic mass is 9.88. The van der Waals surface area contributed by atoms with Gasteiger partial charge in [0.25, 0.3) is 0 Å². The topological polar surface area (TPSA) is 48.1 Å². The van der Waals surface area contributed by atoms with Gasteiger partial charge in [-0.05, 0) is 37.5 Å². The Kier molecular flexibility index (Phi) is 2.01. The monoisotopic (exact) mass is 258 g/mol. The fraction of sp³-hybridized carbons (Fsp3) is 0.357. The largest absolute Gasteiger partial charge is 0.490 e. The quantitative estimate of drug-likeness (QED) is 0.790. The highest BCUT2D eigenvalue weighted by Crippen LogP contribution is 2.43. The van der Waals surface area contributed by atoms with Crippen molar-refractivity contribution in [1.29, 1.82) is 0 Å². The minimum absolute atomic E-state index is 0.299. The molecule has 92 valence electrons. The number of hydrogen-bond acceptors (Lipinski definition) is 4. The first-order valence-corrected chi connectivity index (χ1v) is 7.11. The third-order valence-corrected chi connectivity index (χ3v) is 4.72. The van der Waals surface area contributed by atoms with Crippen molar-refractivity contribution in [3.05, 3.63) is 28.1 Å². The average Bonchev–Trinajstić information content (AvgIpc) is 2.89. The summed E-state index contributed by atoms with van der Waals surface area (Å²) >= 11 is 1.62. The van der Waals surface area contributed by atoms with Crippen LogP contribution in [0.3, 0.4) is 0 Å². The van der Waals surface area contributed by atoms with Crippen molar-refractivity contribution >= 4 is 16.5 Å². The molecule has 1 aromatic heterocycles. The number of anilines is 1. The Morgan fingerprint density at radius 1 is 1.33 bits per heavy atom. The van der Waals surface area contributed by atoms with Gasteiger partial charge in [-0.3, -0.25) is 0 Å². The molecule has 3 nitrogen and oxygen atoms in total. The van der Waals surface area contributed by atoms with E-state index in [1.807, 2.05) is 0 Å². The van der Waals surface area contributed by atoms with Crippen LogP contribution in [0.5, 0.6) is 5.75 Å². The van der Waals surface area contributed by atoms with Crippen molar-refractivity contribution in [2.45, 2.75) is 32.3 Å². The normalized spacial score (nSPS) is 19.9. The number of ether oxygens (including phenoxy) is 1. The van der Waals surface area contributed by atoms with Crippen LogP contribution in [0.4, 0.5) is 5.13 Å². The summed E-state index contributed by atoms with van der Waals surface area (Å²) < 4.78 is 5.82. The summed E-state index contributed by atoms with van der Waals surface area (Å²) in [5, 5.41) is 0.679. The van der Waals surface area contributed by atoms with Crippen LogP contribution in [0.25, 0.3) is 11.3 Å². The number of aromatic nitrogens is 1. The van der Waals surface area contributed by atoms with Crippen LogP contribution in [-0.4, -0.2) is 11.1 Å². The maximum absolute atomic E-state index is 5.83. The third-order valence-electron chi connectivity index (χ3n) is 3.78. The molecule has 2 aliphatic rings. The Morgan fingerprint density at radius 2 is 2.22 bits per heavy atom. The van der Waals surface area contributed by atoms with E-state index >= 15 is 0 Å². The second kappa shape index (κ2) is 3.48. The molecule has 18 heavy (non-hydrogen) atoms. The number of fused-ring (bicyclic) bond motifs is 5. The van der Waals surface area contributed by atoms with Crippen LogP contribution in [0.15, 0.2) is 12.1 Å². The Balaban J connectivity index is 1.94. The zero-order valence-corrected chi connectivity index (χ0v) is 11.0. The van der Waals surface area contributed by atoms with Crippen molar-refractivity contribution in [1.82, 2.24) is 4.98 Å². The molecule has 0 bridgehead atoms. The molecule has 1 atom stereocenters. The summed E-state index contributed by atoms with van der Waals surface area (Å²) in [4.78, 5) is 5.82. The van der Waals surface area contributed by atoms with E-state index in [2.05, 4.69) is 24.0 Å². The molecule has 2 heterocycles. The first-order valence-electron chi connectivity index (χ1n) is 6.29. The number of thiazole rings is 1. The number of aryl methyl sites for hydroxylation is 1. The number of benzene rings is 1. The van der Waals surface area contributed by atoms with E-state index in [1.54, 1.807) is 11.3 Å². The van der Waals surface area contributed by atoms with Crippen LogP contribution in [-0.2, 0) is 19.3 Å². The predicted molar refractivity (Wildman–Crippen MR) is 73.2 cm³/mol. The molecule has 0 spiro atoms. The lowest BCUT2D eigenvalue weighted by Gasteiger charge is -2.17. The third kappa shape index (κ3) is 1.32. The molecule has 2 aromatic rings. The number of hydrogen-bond donors (Lipinski definition) is 1.